The van der Waals surface area contributed by atoms with E-state index in [4.69, 9.17) is 4.74 Å². The van der Waals surface area contributed by atoms with Crippen molar-refractivity contribution in [1.29, 1.82) is 0 Å². The first-order valence-electron chi connectivity index (χ1n) is 8.62. The van der Waals surface area contributed by atoms with Gasteiger partial charge in [0.25, 0.3) is 0 Å². The Balaban J connectivity index is 1.83. The molecule has 0 aromatic heterocycles. The van der Waals surface area contributed by atoms with Gasteiger partial charge in [-0.05, 0) is 38.9 Å². The number of nitrogens with zero attached hydrogens (tertiary/aromatic N) is 2. The van der Waals surface area contributed by atoms with Gasteiger partial charge in [-0.1, -0.05) is 31.5 Å². The van der Waals surface area contributed by atoms with E-state index in [-0.39, 0.29) is 5.41 Å². The van der Waals surface area contributed by atoms with Gasteiger partial charge in [-0.2, -0.15) is 0 Å². The number of hydrogen-bond acceptors (Lipinski definition) is 3. The molecule has 0 spiro atoms. The van der Waals surface area contributed by atoms with Gasteiger partial charge in [0, 0.05) is 24.7 Å². The normalized spacial score (nSPS) is 25.7. The molecule has 1 aliphatic carbocycles. The number of amides is 1. The highest BCUT2D eigenvalue weighted by Crippen LogP contribution is 2.53. The molecule has 4 nitrogen and oxygen atoms in total. The van der Waals surface area contributed by atoms with Gasteiger partial charge >= 0.3 is 0 Å². The van der Waals surface area contributed by atoms with Crippen molar-refractivity contribution in [2.24, 2.45) is 5.92 Å². The van der Waals surface area contributed by atoms with Crippen LogP contribution in [0.3, 0.4) is 0 Å². The molecule has 3 rings (SSSR count). The van der Waals surface area contributed by atoms with Crippen molar-refractivity contribution in [2.75, 3.05) is 34.3 Å². The molecule has 0 bridgehead atoms. The van der Waals surface area contributed by atoms with Crippen molar-refractivity contribution >= 4 is 5.91 Å². The average molecular weight is 316 g/mol. The van der Waals surface area contributed by atoms with Crippen LogP contribution in [0, 0.1) is 5.92 Å². The number of likely N-dealkylation sites (tertiary alicyclic amines) is 1. The van der Waals surface area contributed by atoms with Crippen LogP contribution in [-0.2, 0) is 10.2 Å². The minimum atomic E-state index is -0.341. The van der Waals surface area contributed by atoms with Crippen LogP contribution in [-0.4, -0.2) is 56.0 Å². The highest BCUT2D eigenvalue weighted by molar-refractivity contribution is 5.92. The number of methoxy groups -OCH3 is 1. The Bertz CT molecular complexity index is 580. The fraction of sp³-hybridized carbons (Fsp3) is 0.632. The number of rotatable bonds is 5. The van der Waals surface area contributed by atoms with Gasteiger partial charge in [0.2, 0.25) is 5.91 Å². The molecule has 1 saturated heterocycles. The molecule has 1 heterocycles. The van der Waals surface area contributed by atoms with Crippen LogP contribution in [0.2, 0.25) is 0 Å². The topological polar surface area (TPSA) is 32.8 Å². The Morgan fingerprint density at radius 2 is 2.00 bits per heavy atom. The molecule has 1 saturated carbocycles. The van der Waals surface area contributed by atoms with E-state index < -0.39 is 0 Å². The number of carbonyl (C=O) groups excluding carboxylic acids is 1. The van der Waals surface area contributed by atoms with Crippen LogP contribution in [0.25, 0.3) is 0 Å². The minimum absolute atomic E-state index is 0.296. The number of benzene rings is 1. The first kappa shape index (κ1) is 16.3. The summed E-state index contributed by atoms with van der Waals surface area (Å²) in [4.78, 5) is 17.6. The summed E-state index contributed by atoms with van der Waals surface area (Å²) < 4.78 is 5.51. The van der Waals surface area contributed by atoms with Crippen LogP contribution >= 0.6 is 0 Å². The Morgan fingerprint density at radius 3 is 2.52 bits per heavy atom. The molecule has 1 aromatic carbocycles. The number of likely N-dealkylation sites (N-methyl/N-ethyl adjacent to an activating group) is 1. The Hall–Kier alpha value is -1.55. The van der Waals surface area contributed by atoms with Crippen molar-refractivity contribution in [2.45, 2.75) is 37.6 Å². The molecule has 1 aliphatic heterocycles. The molecular formula is C19H28N2O2. The average Bonchev–Trinajstić information content (AvgIpc) is 3.25. The van der Waals surface area contributed by atoms with E-state index in [1.54, 1.807) is 7.11 Å². The molecule has 126 valence electrons. The predicted molar refractivity (Wildman–Crippen MR) is 91.7 cm³/mol. The number of para-hydroxylation sites is 1. The fourth-order valence-electron chi connectivity index (χ4n) is 4.07. The molecule has 0 unspecified atom stereocenters. The predicted octanol–water partition coefficient (Wildman–Crippen LogP) is 2.53. The van der Waals surface area contributed by atoms with E-state index in [1.165, 1.54) is 0 Å². The van der Waals surface area contributed by atoms with Crippen LogP contribution in [0.1, 0.15) is 31.7 Å². The van der Waals surface area contributed by atoms with Gasteiger partial charge in [-0.25, -0.2) is 0 Å². The number of ether oxygens (including phenoxy) is 1. The van der Waals surface area contributed by atoms with Crippen molar-refractivity contribution in [3.05, 3.63) is 29.8 Å². The zero-order valence-electron chi connectivity index (χ0n) is 14.7. The van der Waals surface area contributed by atoms with Crippen LogP contribution in [0.4, 0.5) is 0 Å². The molecule has 1 amide bonds. The first-order valence-corrected chi connectivity index (χ1v) is 8.62. The van der Waals surface area contributed by atoms with E-state index in [9.17, 15) is 4.79 Å². The van der Waals surface area contributed by atoms with Crippen LogP contribution in [0.15, 0.2) is 24.3 Å². The summed E-state index contributed by atoms with van der Waals surface area (Å²) in [7, 11) is 5.92. The maximum Gasteiger partial charge on any atom is 0.233 e. The second-order valence-electron chi connectivity index (χ2n) is 7.19. The van der Waals surface area contributed by atoms with E-state index in [2.05, 4.69) is 36.9 Å². The third kappa shape index (κ3) is 2.74. The molecule has 1 aromatic rings. The summed E-state index contributed by atoms with van der Waals surface area (Å²) in [5, 5.41) is 0. The van der Waals surface area contributed by atoms with Crippen molar-refractivity contribution < 1.29 is 9.53 Å². The van der Waals surface area contributed by atoms with Gasteiger partial charge < -0.3 is 14.5 Å². The molecular weight excluding hydrogens is 288 g/mol. The summed E-state index contributed by atoms with van der Waals surface area (Å²) in [5.74, 6) is 1.71. The lowest BCUT2D eigenvalue weighted by atomic mass is 9.93. The third-order valence-corrected chi connectivity index (χ3v) is 5.66. The van der Waals surface area contributed by atoms with Crippen molar-refractivity contribution in [3.8, 4) is 5.75 Å². The Kier molecular flexibility index (Phi) is 4.37. The number of carbonyl (C=O) groups is 1. The second kappa shape index (κ2) is 6.16. The zero-order valence-corrected chi connectivity index (χ0v) is 14.7. The monoisotopic (exact) mass is 316 g/mol. The van der Waals surface area contributed by atoms with E-state index in [0.717, 1.165) is 43.7 Å². The molecule has 0 radical (unpaired) electrons. The van der Waals surface area contributed by atoms with Gasteiger partial charge in [0.15, 0.2) is 0 Å². The van der Waals surface area contributed by atoms with E-state index in [1.807, 2.05) is 18.2 Å². The molecule has 2 fully saturated rings. The van der Waals surface area contributed by atoms with Crippen LogP contribution < -0.4 is 4.74 Å². The SMILES string of the molecule is CC[C@@H]1CN(C(=O)C2(c3ccccc3OC)CC2)C[C@H]1N(C)C. The van der Waals surface area contributed by atoms with Gasteiger partial charge in [0.05, 0.1) is 12.5 Å². The minimum Gasteiger partial charge on any atom is -0.496 e. The first-order chi connectivity index (χ1) is 11.0. The summed E-state index contributed by atoms with van der Waals surface area (Å²) in [6.45, 7) is 3.96. The lowest BCUT2D eigenvalue weighted by molar-refractivity contribution is -0.133. The molecule has 4 heteroatoms. The van der Waals surface area contributed by atoms with Gasteiger partial charge in [0.1, 0.15) is 5.75 Å². The standard InChI is InChI=1S/C19H28N2O2/c1-5-14-12-21(13-16(14)20(2)3)18(22)19(10-11-19)15-8-6-7-9-17(15)23-4/h6-9,14,16H,5,10-13H2,1-4H3/t14-,16-/m1/s1. The zero-order chi connectivity index (χ0) is 16.6. The maximum atomic E-state index is 13.3. The molecule has 2 aliphatic rings. The lowest BCUT2D eigenvalue weighted by Crippen LogP contribution is -2.40. The van der Waals surface area contributed by atoms with Crippen LogP contribution in [0.5, 0.6) is 5.75 Å². The van der Waals surface area contributed by atoms with E-state index >= 15 is 0 Å². The highest BCUT2D eigenvalue weighted by Gasteiger charge is 2.55. The summed E-state index contributed by atoms with van der Waals surface area (Å²) in [5.41, 5.74) is 0.723. The van der Waals surface area contributed by atoms with Gasteiger partial charge in [-0.3, -0.25) is 4.79 Å². The second-order valence-corrected chi connectivity index (χ2v) is 7.19. The third-order valence-electron chi connectivity index (χ3n) is 5.66. The molecule has 2 atom stereocenters. The van der Waals surface area contributed by atoms with Crippen molar-refractivity contribution in [3.63, 3.8) is 0 Å². The molecule has 23 heavy (non-hydrogen) atoms. The Morgan fingerprint density at radius 1 is 1.30 bits per heavy atom. The fourth-order valence-corrected chi connectivity index (χ4v) is 4.07. The smallest absolute Gasteiger partial charge is 0.233 e. The largest absolute Gasteiger partial charge is 0.496 e. The lowest BCUT2D eigenvalue weighted by Gasteiger charge is -2.26. The highest BCUT2D eigenvalue weighted by atomic mass is 16.5. The van der Waals surface area contributed by atoms with Gasteiger partial charge in [-0.15, -0.1) is 0 Å². The van der Waals surface area contributed by atoms with E-state index in [0.29, 0.717) is 17.9 Å². The summed E-state index contributed by atoms with van der Waals surface area (Å²) >= 11 is 0. The quantitative estimate of drug-likeness (QED) is 0.837. The molecule has 0 N–H and O–H groups in total. The maximum absolute atomic E-state index is 13.3. The summed E-state index contributed by atoms with van der Waals surface area (Å²) in [6, 6.07) is 8.46. The Labute approximate surface area is 139 Å². The number of hydrogen-bond donors (Lipinski definition) is 0. The summed E-state index contributed by atoms with van der Waals surface area (Å²) in [6.07, 6.45) is 2.99. The van der Waals surface area contributed by atoms with Crippen molar-refractivity contribution in [1.82, 2.24) is 9.80 Å².